The van der Waals surface area contributed by atoms with Gasteiger partial charge in [-0.2, -0.15) is 0 Å². The predicted octanol–water partition coefficient (Wildman–Crippen LogP) is 4.82. The molecule has 0 bridgehead atoms. The van der Waals surface area contributed by atoms with Gasteiger partial charge < -0.3 is 4.57 Å². The largest absolute Gasteiger partial charge is 0.350 e. The molecule has 2 aromatic carbocycles. The Hall–Kier alpha value is -2.06. The molecular weight excluding hydrogens is 294 g/mol. The fraction of sp³-hybridized carbons (Fsp3) is 0.211. The van der Waals surface area contributed by atoms with E-state index in [9.17, 15) is 4.79 Å². The highest BCUT2D eigenvalue weighted by Gasteiger charge is 2.45. The third kappa shape index (κ3) is 2.15. The monoisotopic (exact) mass is 309 g/mol. The molecule has 2 atom stereocenters. The van der Waals surface area contributed by atoms with Gasteiger partial charge in [-0.15, -0.1) is 0 Å². The summed E-state index contributed by atoms with van der Waals surface area (Å²) in [5.41, 5.74) is 3.28. The molecule has 3 aromatic rings. The Morgan fingerprint density at radius 2 is 1.86 bits per heavy atom. The van der Waals surface area contributed by atoms with Crippen LogP contribution >= 0.6 is 11.6 Å². The number of hydrogen-bond acceptors (Lipinski definition) is 1. The smallest absolute Gasteiger partial charge is 0.166 e. The molecule has 0 N–H and O–H groups in total. The Labute approximate surface area is 134 Å². The van der Waals surface area contributed by atoms with E-state index in [-0.39, 0.29) is 11.7 Å². The molecule has 110 valence electrons. The van der Waals surface area contributed by atoms with Gasteiger partial charge in [0.15, 0.2) is 5.78 Å². The van der Waals surface area contributed by atoms with Crippen LogP contribution in [0.5, 0.6) is 0 Å². The fourth-order valence-electron chi connectivity index (χ4n) is 3.33. The maximum Gasteiger partial charge on any atom is 0.166 e. The third-order valence-corrected chi connectivity index (χ3v) is 4.84. The fourth-order valence-corrected chi connectivity index (χ4v) is 3.45. The summed E-state index contributed by atoms with van der Waals surface area (Å²) in [4.78, 5) is 12.6. The Kier molecular flexibility index (Phi) is 3.08. The summed E-state index contributed by atoms with van der Waals surface area (Å²) < 4.78 is 2.15. The molecule has 2 nitrogen and oxygen atoms in total. The van der Waals surface area contributed by atoms with Crippen molar-refractivity contribution < 1.29 is 4.79 Å². The number of benzene rings is 2. The van der Waals surface area contributed by atoms with E-state index < -0.39 is 0 Å². The molecule has 1 saturated carbocycles. The van der Waals surface area contributed by atoms with Crippen LogP contribution in [0, 0.1) is 5.92 Å². The van der Waals surface area contributed by atoms with E-state index in [0.717, 1.165) is 12.0 Å². The van der Waals surface area contributed by atoms with Crippen LogP contribution in [0.25, 0.3) is 10.9 Å². The maximum absolute atomic E-state index is 12.6. The van der Waals surface area contributed by atoms with E-state index in [1.54, 1.807) is 12.1 Å². The molecule has 22 heavy (non-hydrogen) atoms. The van der Waals surface area contributed by atoms with E-state index in [0.29, 0.717) is 10.9 Å². The lowest BCUT2D eigenvalue weighted by atomic mass is 10.0. The molecule has 0 radical (unpaired) electrons. The standard InChI is InChI=1S/C19H16ClNO/c1-21-11-17(14-4-2-3-5-18(14)21)15-10-16(15)19(22)12-6-8-13(20)9-7-12/h2-9,11,15-16H,10H2,1H3/t15-,16-/m0/s1. The number of fused-ring (bicyclic) bond motifs is 1. The molecule has 1 fully saturated rings. The first kappa shape index (κ1) is 13.6. The Morgan fingerprint density at radius 1 is 1.14 bits per heavy atom. The number of nitrogens with zero attached hydrogens (tertiary/aromatic N) is 1. The first-order chi connectivity index (χ1) is 10.6. The summed E-state index contributed by atoms with van der Waals surface area (Å²) in [6.07, 6.45) is 3.11. The van der Waals surface area contributed by atoms with Gasteiger partial charge in [-0.05, 0) is 48.2 Å². The van der Waals surface area contributed by atoms with E-state index in [1.165, 1.54) is 16.5 Å². The second-order valence-corrected chi connectivity index (χ2v) is 6.47. The molecular formula is C19H16ClNO. The second-order valence-electron chi connectivity index (χ2n) is 6.03. The lowest BCUT2D eigenvalue weighted by Crippen LogP contribution is -2.02. The summed E-state index contributed by atoms with van der Waals surface area (Å²) in [5.74, 6) is 0.677. The number of carbonyl (C=O) groups is 1. The highest BCUT2D eigenvalue weighted by atomic mass is 35.5. The van der Waals surface area contributed by atoms with Crippen molar-refractivity contribution in [1.82, 2.24) is 4.57 Å². The Balaban J connectivity index is 1.63. The van der Waals surface area contributed by atoms with Crippen molar-refractivity contribution in [1.29, 1.82) is 0 Å². The molecule has 1 aliphatic rings. The minimum absolute atomic E-state index is 0.104. The van der Waals surface area contributed by atoms with E-state index >= 15 is 0 Å². The topological polar surface area (TPSA) is 22.0 Å². The first-order valence-electron chi connectivity index (χ1n) is 7.49. The Bertz CT molecular complexity index is 863. The van der Waals surface area contributed by atoms with Crippen molar-refractivity contribution in [2.45, 2.75) is 12.3 Å². The van der Waals surface area contributed by atoms with Gasteiger partial charge in [0.2, 0.25) is 0 Å². The molecule has 1 aromatic heterocycles. The van der Waals surface area contributed by atoms with Crippen molar-refractivity contribution in [2.75, 3.05) is 0 Å². The second kappa shape index (κ2) is 4.99. The van der Waals surface area contributed by atoms with E-state index in [1.807, 2.05) is 12.1 Å². The SMILES string of the molecule is Cn1cc([C@H]2C[C@@H]2C(=O)c2ccc(Cl)cc2)c2ccccc21. The molecule has 1 heterocycles. The summed E-state index contributed by atoms with van der Waals surface area (Å²) in [7, 11) is 2.06. The van der Waals surface area contributed by atoms with Crippen molar-refractivity contribution >= 4 is 28.3 Å². The van der Waals surface area contributed by atoms with Crippen LogP contribution in [0.1, 0.15) is 28.3 Å². The third-order valence-electron chi connectivity index (χ3n) is 4.58. The zero-order valence-electron chi connectivity index (χ0n) is 12.3. The molecule has 4 rings (SSSR count). The number of para-hydroxylation sites is 1. The molecule has 0 saturated heterocycles. The Morgan fingerprint density at radius 3 is 2.64 bits per heavy atom. The summed E-state index contributed by atoms with van der Waals surface area (Å²) in [5, 5.41) is 1.93. The van der Waals surface area contributed by atoms with E-state index in [4.69, 9.17) is 11.6 Å². The number of carbonyl (C=O) groups excluding carboxylic acids is 1. The number of halogens is 1. The van der Waals surface area contributed by atoms with Crippen LogP contribution in [0.15, 0.2) is 54.7 Å². The molecule has 1 aliphatic carbocycles. The van der Waals surface area contributed by atoms with Crippen LogP contribution < -0.4 is 0 Å². The maximum atomic E-state index is 12.6. The van der Waals surface area contributed by atoms with Gasteiger partial charge in [-0.1, -0.05) is 29.8 Å². The van der Waals surface area contributed by atoms with Crippen LogP contribution in [-0.2, 0) is 7.05 Å². The first-order valence-corrected chi connectivity index (χ1v) is 7.86. The normalized spacial score (nSPS) is 20.3. The van der Waals surface area contributed by atoms with Crippen LogP contribution in [0.2, 0.25) is 5.02 Å². The average molecular weight is 310 g/mol. The van der Waals surface area contributed by atoms with Crippen molar-refractivity contribution in [3.63, 3.8) is 0 Å². The molecule has 0 unspecified atom stereocenters. The number of aryl methyl sites for hydroxylation is 1. The van der Waals surface area contributed by atoms with Gasteiger partial charge in [0, 0.05) is 40.7 Å². The number of hydrogen-bond donors (Lipinski definition) is 0. The zero-order chi connectivity index (χ0) is 15.3. The van der Waals surface area contributed by atoms with Crippen LogP contribution in [0.4, 0.5) is 0 Å². The van der Waals surface area contributed by atoms with Crippen molar-refractivity contribution in [3.05, 3.63) is 70.9 Å². The predicted molar refractivity (Wildman–Crippen MR) is 89.5 cm³/mol. The van der Waals surface area contributed by atoms with Crippen LogP contribution in [-0.4, -0.2) is 10.4 Å². The van der Waals surface area contributed by atoms with Gasteiger partial charge in [-0.3, -0.25) is 4.79 Å². The van der Waals surface area contributed by atoms with Gasteiger partial charge in [0.25, 0.3) is 0 Å². The highest BCUT2D eigenvalue weighted by molar-refractivity contribution is 6.30. The molecule has 0 amide bonds. The number of rotatable bonds is 3. The minimum atomic E-state index is 0.104. The van der Waals surface area contributed by atoms with Crippen molar-refractivity contribution in [2.24, 2.45) is 13.0 Å². The van der Waals surface area contributed by atoms with Gasteiger partial charge in [-0.25, -0.2) is 0 Å². The van der Waals surface area contributed by atoms with Gasteiger partial charge in [0.05, 0.1) is 0 Å². The van der Waals surface area contributed by atoms with Crippen LogP contribution in [0.3, 0.4) is 0 Å². The quantitative estimate of drug-likeness (QED) is 0.636. The number of ketones is 1. The number of Topliss-reactive ketones (excluding diaryl/α,β-unsaturated/α-hetero) is 1. The van der Waals surface area contributed by atoms with E-state index in [2.05, 4.69) is 42.1 Å². The van der Waals surface area contributed by atoms with Crippen molar-refractivity contribution in [3.8, 4) is 0 Å². The summed E-state index contributed by atoms with van der Waals surface area (Å²) >= 11 is 5.89. The summed E-state index contributed by atoms with van der Waals surface area (Å²) in [6.45, 7) is 0. The highest BCUT2D eigenvalue weighted by Crippen LogP contribution is 2.51. The van der Waals surface area contributed by atoms with Gasteiger partial charge >= 0.3 is 0 Å². The lowest BCUT2D eigenvalue weighted by molar-refractivity contribution is 0.0965. The summed E-state index contributed by atoms with van der Waals surface area (Å²) in [6, 6.07) is 15.6. The minimum Gasteiger partial charge on any atom is -0.350 e. The average Bonchev–Trinajstić information content (AvgIpc) is 3.26. The zero-order valence-corrected chi connectivity index (χ0v) is 13.0. The molecule has 0 aliphatic heterocycles. The molecule has 3 heteroatoms. The van der Waals surface area contributed by atoms with Gasteiger partial charge in [0.1, 0.15) is 0 Å². The lowest BCUT2D eigenvalue weighted by Gasteiger charge is -2.01. The number of aromatic nitrogens is 1. The molecule has 0 spiro atoms.